The molecule has 2 aromatic rings. The van der Waals surface area contributed by atoms with E-state index in [2.05, 4.69) is 27.3 Å². The molecule has 3 N–H and O–H groups in total. The summed E-state index contributed by atoms with van der Waals surface area (Å²) in [6.45, 7) is 6.15. The number of phenolic OH excluding ortho intramolecular Hbond substituents is 2. The summed E-state index contributed by atoms with van der Waals surface area (Å²) in [5.41, 5.74) is 6.10. The smallest absolute Gasteiger partial charge is 0.231 e. The average Bonchev–Trinajstić information content (AvgIpc) is 3.67. The number of amides is 1. The number of carbonyl (C=O) groups excluding carboxylic acids is 1. The van der Waals surface area contributed by atoms with E-state index in [4.69, 9.17) is 9.47 Å². The second-order valence-electron chi connectivity index (χ2n) is 12.6. The predicted octanol–water partition coefficient (Wildman–Crippen LogP) is 3.83. The van der Waals surface area contributed by atoms with Crippen molar-refractivity contribution in [2.45, 2.75) is 89.5 Å². The maximum Gasteiger partial charge on any atom is 0.231 e. The molecule has 1 aliphatic carbocycles. The van der Waals surface area contributed by atoms with Gasteiger partial charge >= 0.3 is 0 Å². The molecule has 9 heteroatoms. The minimum absolute atomic E-state index is 0.0132. The molecule has 0 radical (unpaired) electrons. The van der Waals surface area contributed by atoms with Gasteiger partial charge in [0.1, 0.15) is 17.5 Å². The summed E-state index contributed by atoms with van der Waals surface area (Å²) in [5, 5.41) is 37.0. The Hall–Kier alpha value is -3.48. The van der Waals surface area contributed by atoms with Crippen LogP contribution in [0, 0.1) is 38.0 Å². The number of phenols is 2. The van der Waals surface area contributed by atoms with Gasteiger partial charge < -0.3 is 25.0 Å². The molecule has 2 bridgehead atoms. The van der Waals surface area contributed by atoms with Crippen LogP contribution in [0.3, 0.4) is 0 Å². The van der Waals surface area contributed by atoms with Crippen molar-refractivity contribution in [1.82, 2.24) is 15.1 Å². The monoisotopic (exact) mass is 558 g/mol. The first-order chi connectivity index (χ1) is 19.7. The van der Waals surface area contributed by atoms with Gasteiger partial charge in [0.05, 0.1) is 18.2 Å². The SMILES string of the molecule is Cc1cc2c(c(O)c1C)[C@@H]1C3Cc4c(O)c(C)c5c(c4[C@H](CNC(=O)C4CCCC4)N3[C@@H](C#N)[C@H](C2)N1C)OCO5. The van der Waals surface area contributed by atoms with Gasteiger partial charge in [-0.1, -0.05) is 18.9 Å². The van der Waals surface area contributed by atoms with Crippen molar-refractivity contribution in [3.05, 3.63) is 45.0 Å². The number of nitriles is 1. The van der Waals surface area contributed by atoms with Crippen LogP contribution in [0.15, 0.2) is 6.07 Å². The Labute approximate surface area is 240 Å². The van der Waals surface area contributed by atoms with E-state index in [9.17, 15) is 20.3 Å². The number of piperazine rings is 1. The zero-order valence-electron chi connectivity index (χ0n) is 24.2. The van der Waals surface area contributed by atoms with Crippen LogP contribution in [0.4, 0.5) is 0 Å². The molecule has 1 unspecified atom stereocenters. The highest BCUT2D eigenvalue weighted by Crippen LogP contribution is 2.57. The third-order valence-corrected chi connectivity index (χ3v) is 10.7. The largest absolute Gasteiger partial charge is 0.507 e. The summed E-state index contributed by atoms with van der Waals surface area (Å²) in [5.74, 6) is 1.68. The normalized spacial score (nSPS) is 28.5. The number of hydrogen-bond donors (Lipinski definition) is 3. The van der Waals surface area contributed by atoms with E-state index in [0.717, 1.165) is 59.1 Å². The quantitative estimate of drug-likeness (QED) is 0.520. The van der Waals surface area contributed by atoms with E-state index in [1.54, 1.807) is 0 Å². The Morgan fingerprint density at radius 1 is 1.05 bits per heavy atom. The van der Waals surface area contributed by atoms with Crippen LogP contribution in [0.25, 0.3) is 0 Å². The van der Waals surface area contributed by atoms with Gasteiger partial charge in [0.15, 0.2) is 11.5 Å². The molecule has 216 valence electrons. The molecule has 2 aromatic carbocycles. The minimum Gasteiger partial charge on any atom is -0.507 e. The number of benzene rings is 2. The first kappa shape index (κ1) is 26.4. The minimum atomic E-state index is -0.471. The average molecular weight is 559 g/mol. The fraction of sp³-hybridized carbons (Fsp3) is 0.562. The Morgan fingerprint density at radius 2 is 1.78 bits per heavy atom. The van der Waals surface area contributed by atoms with Gasteiger partial charge in [-0.15, -0.1) is 0 Å². The van der Waals surface area contributed by atoms with E-state index in [1.807, 2.05) is 27.8 Å². The maximum absolute atomic E-state index is 13.3. The molecule has 9 nitrogen and oxygen atoms in total. The lowest BCUT2D eigenvalue weighted by Crippen LogP contribution is -2.68. The van der Waals surface area contributed by atoms with Crippen LogP contribution in [-0.4, -0.2) is 64.4 Å². The van der Waals surface area contributed by atoms with Gasteiger partial charge in [0, 0.05) is 46.8 Å². The topological polar surface area (TPSA) is 118 Å². The molecule has 1 saturated carbocycles. The first-order valence-electron chi connectivity index (χ1n) is 14.8. The van der Waals surface area contributed by atoms with Crippen molar-refractivity contribution >= 4 is 5.91 Å². The van der Waals surface area contributed by atoms with Crippen molar-refractivity contribution in [2.75, 3.05) is 20.4 Å². The Kier molecular flexibility index (Phi) is 6.14. The highest BCUT2D eigenvalue weighted by atomic mass is 16.7. The third-order valence-electron chi connectivity index (χ3n) is 10.7. The number of fused-ring (bicyclic) bond motifs is 9. The number of nitrogens with one attached hydrogen (secondary N) is 1. The number of ether oxygens (including phenoxy) is 2. The molecule has 1 saturated heterocycles. The summed E-state index contributed by atoms with van der Waals surface area (Å²) in [7, 11) is 2.05. The highest BCUT2D eigenvalue weighted by Gasteiger charge is 2.56. The fourth-order valence-electron chi connectivity index (χ4n) is 8.44. The zero-order chi connectivity index (χ0) is 28.7. The van der Waals surface area contributed by atoms with Gasteiger partial charge in [-0.3, -0.25) is 14.6 Å². The number of nitrogens with zero attached hydrogens (tertiary/aromatic N) is 3. The van der Waals surface area contributed by atoms with E-state index in [0.29, 0.717) is 42.2 Å². The number of carbonyl (C=O) groups is 1. The third kappa shape index (κ3) is 3.70. The van der Waals surface area contributed by atoms with Crippen molar-refractivity contribution in [3.8, 4) is 29.1 Å². The van der Waals surface area contributed by atoms with Crippen LogP contribution in [0.2, 0.25) is 0 Å². The predicted molar refractivity (Wildman–Crippen MR) is 151 cm³/mol. The number of aryl methyl sites for hydroxylation is 1. The Morgan fingerprint density at radius 3 is 2.51 bits per heavy atom. The molecule has 4 heterocycles. The first-order valence-corrected chi connectivity index (χ1v) is 14.8. The van der Waals surface area contributed by atoms with Crippen molar-refractivity contribution in [3.63, 3.8) is 0 Å². The standard InChI is InChI=1S/C32H38N4O5/c1-15-9-19-10-21-23(12-33)36-22(27(35(21)4)25(19)29(38)16(15)2)11-20-26(31-30(40-14-41-31)17(3)28(20)37)24(36)13-34-32(39)18-7-5-6-8-18/h9,18,21-24,27,37-38H,5-8,10-11,13-14H2,1-4H3,(H,34,39)/t21-,22?,23-,24-,27-/m0/s1. The molecule has 4 aliphatic heterocycles. The van der Waals surface area contributed by atoms with Crippen molar-refractivity contribution < 1.29 is 24.5 Å². The molecule has 2 fully saturated rings. The number of rotatable bonds is 3. The fourth-order valence-corrected chi connectivity index (χ4v) is 8.44. The second kappa shape index (κ2) is 9.53. The van der Waals surface area contributed by atoms with E-state index in [-0.39, 0.29) is 42.5 Å². The molecular formula is C32H38N4O5. The van der Waals surface area contributed by atoms with Gasteiger partial charge in [-0.25, -0.2) is 0 Å². The van der Waals surface area contributed by atoms with Crippen LogP contribution < -0.4 is 14.8 Å². The lowest BCUT2D eigenvalue weighted by molar-refractivity contribution is -0.125. The van der Waals surface area contributed by atoms with Crippen LogP contribution in [-0.2, 0) is 17.6 Å². The van der Waals surface area contributed by atoms with E-state index in [1.165, 1.54) is 0 Å². The lowest BCUT2D eigenvalue weighted by Gasteiger charge is -2.60. The Bertz CT molecular complexity index is 1490. The van der Waals surface area contributed by atoms with Crippen LogP contribution >= 0.6 is 0 Å². The van der Waals surface area contributed by atoms with Crippen molar-refractivity contribution in [2.24, 2.45) is 5.92 Å². The number of aromatic hydroxyl groups is 2. The van der Waals surface area contributed by atoms with Crippen LogP contribution in [0.1, 0.15) is 76.7 Å². The van der Waals surface area contributed by atoms with Gasteiger partial charge in [-0.2, -0.15) is 5.26 Å². The van der Waals surface area contributed by atoms with E-state index < -0.39 is 12.1 Å². The second-order valence-corrected chi connectivity index (χ2v) is 12.6. The van der Waals surface area contributed by atoms with Gasteiger partial charge in [0.2, 0.25) is 12.7 Å². The number of likely N-dealkylation sites (N-methyl/N-ethyl adjacent to an activating group) is 1. The summed E-state index contributed by atoms with van der Waals surface area (Å²) < 4.78 is 11.8. The molecule has 0 aromatic heterocycles. The van der Waals surface area contributed by atoms with Gasteiger partial charge in [0.25, 0.3) is 0 Å². The summed E-state index contributed by atoms with van der Waals surface area (Å²) in [6, 6.07) is 3.40. The van der Waals surface area contributed by atoms with Gasteiger partial charge in [-0.05, 0) is 70.2 Å². The summed E-state index contributed by atoms with van der Waals surface area (Å²) in [4.78, 5) is 17.8. The van der Waals surface area contributed by atoms with Crippen molar-refractivity contribution in [1.29, 1.82) is 5.26 Å². The molecule has 41 heavy (non-hydrogen) atoms. The molecule has 5 aliphatic rings. The highest BCUT2D eigenvalue weighted by molar-refractivity contribution is 5.79. The maximum atomic E-state index is 13.3. The van der Waals surface area contributed by atoms with Crippen LogP contribution in [0.5, 0.6) is 23.0 Å². The summed E-state index contributed by atoms with van der Waals surface area (Å²) in [6.07, 6.45) is 5.05. The zero-order valence-corrected chi connectivity index (χ0v) is 24.2. The lowest BCUT2D eigenvalue weighted by atomic mass is 9.71. The molecular weight excluding hydrogens is 520 g/mol. The molecule has 0 spiro atoms. The van der Waals surface area contributed by atoms with E-state index >= 15 is 0 Å². The summed E-state index contributed by atoms with van der Waals surface area (Å²) >= 11 is 0. The Balaban J connectivity index is 1.40. The number of hydrogen-bond acceptors (Lipinski definition) is 8. The molecule has 7 rings (SSSR count). The molecule has 5 atom stereocenters. The molecule has 1 amide bonds.